The van der Waals surface area contributed by atoms with E-state index in [0.29, 0.717) is 43.5 Å². The van der Waals surface area contributed by atoms with Gasteiger partial charge in [-0.05, 0) is 32.0 Å². The second-order valence-electron chi connectivity index (χ2n) is 6.96. The Balaban J connectivity index is 1.84. The molecule has 2 N–H and O–H groups in total. The Morgan fingerprint density at radius 1 is 1.30 bits per heavy atom. The van der Waals surface area contributed by atoms with Crippen molar-refractivity contribution in [3.8, 4) is 5.75 Å². The van der Waals surface area contributed by atoms with Crippen molar-refractivity contribution >= 4 is 21.7 Å². The molecule has 1 aliphatic heterocycles. The van der Waals surface area contributed by atoms with Crippen LogP contribution in [0.5, 0.6) is 5.75 Å². The molecule has 27 heavy (non-hydrogen) atoms. The van der Waals surface area contributed by atoms with Crippen molar-refractivity contribution in [2.24, 2.45) is 4.99 Å². The molecule has 0 aliphatic carbocycles. The van der Waals surface area contributed by atoms with E-state index < -0.39 is 14.6 Å². The third-order valence-electron chi connectivity index (χ3n) is 4.58. The van der Waals surface area contributed by atoms with Gasteiger partial charge in [-0.25, -0.2) is 8.42 Å². The van der Waals surface area contributed by atoms with Crippen molar-refractivity contribution in [1.29, 1.82) is 0 Å². The van der Waals surface area contributed by atoms with E-state index in [2.05, 4.69) is 15.6 Å². The molecule has 2 rings (SSSR count). The summed E-state index contributed by atoms with van der Waals surface area (Å²) < 4.78 is 28.6. The fraction of sp³-hybridized carbons (Fsp3) is 0.556. The fourth-order valence-corrected chi connectivity index (χ4v) is 4.24. The number of nitrogens with one attached hydrogen (secondary N) is 2. The first-order valence-corrected chi connectivity index (χ1v) is 10.5. The Hall–Kier alpha value is -2.29. The molecule has 0 aromatic heterocycles. The lowest BCUT2D eigenvalue weighted by Crippen LogP contribution is -2.57. The van der Waals surface area contributed by atoms with Gasteiger partial charge in [0.15, 0.2) is 15.8 Å². The second-order valence-corrected chi connectivity index (χ2v) is 9.70. The topological polar surface area (TPSA) is 100 Å². The summed E-state index contributed by atoms with van der Waals surface area (Å²) in [6.45, 7) is 5.13. The first-order chi connectivity index (χ1) is 12.7. The van der Waals surface area contributed by atoms with E-state index in [4.69, 9.17) is 4.74 Å². The summed E-state index contributed by atoms with van der Waals surface area (Å²) in [5.41, 5.74) is 0.529. The highest BCUT2D eigenvalue weighted by Gasteiger charge is 2.40. The number of methoxy groups -OCH3 is 1. The number of amides is 1. The predicted octanol–water partition coefficient (Wildman–Crippen LogP) is 0.509. The van der Waals surface area contributed by atoms with Crippen molar-refractivity contribution in [2.75, 3.05) is 46.1 Å². The highest BCUT2D eigenvalue weighted by molar-refractivity contribution is 7.92. The Kier molecular flexibility index (Phi) is 6.69. The molecule has 150 valence electrons. The third kappa shape index (κ3) is 5.12. The van der Waals surface area contributed by atoms with Crippen LogP contribution in [0, 0.1) is 0 Å². The maximum atomic E-state index is 12.2. The molecule has 0 spiro atoms. The van der Waals surface area contributed by atoms with Gasteiger partial charge in [0.05, 0.1) is 17.6 Å². The zero-order valence-electron chi connectivity index (χ0n) is 16.3. The molecule has 1 aromatic rings. The molecule has 9 heteroatoms. The van der Waals surface area contributed by atoms with Gasteiger partial charge in [0.2, 0.25) is 0 Å². The molecule has 1 heterocycles. The Labute approximate surface area is 160 Å². The number of hydrogen-bond donors (Lipinski definition) is 2. The molecule has 1 amide bonds. The largest absolute Gasteiger partial charge is 0.497 e. The Morgan fingerprint density at radius 3 is 2.63 bits per heavy atom. The van der Waals surface area contributed by atoms with E-state index >= 15 is 0 Å². The van der Waals surface area contributed by atoms with Crippen molar-refractivity contribution in [3.63, 3.8) is 0 Å². The lowest BCUT2D eigenvalue weighted by atomic mass is 10.2. The van der Waals surface area contributed by atoms with E-state index in [9.17, 15) is 13.2 Å². The molecule has 0 unspecified atom stereocenters. The van der Waals surface area contributed by atoms with E-state index in [0.717, 1.165) is 0 Å². The van der Waals surface area contributed by atoms with Crippen molar-refractivity contribution < 1.29 is 17.9 Å². The minimum Gasteiger partial charge on any atom is -0.497 e. The van der Waals surface area contributed by atoms with Gasteiger partial charge in [0.25, 0.3) is 5.91 Å². The van der Waals surface area contributed by atoms with Gasteiger partial charge >= 0.3 is 0 Å². The number of carbonyl (C=O) groups excluding carboxylic acids is 1. The molecule has 0 atom stereocenters. The van der Waals surface area contributed by atoms with Crippen LogP contribution in [-0.4, -0.2) is 76.0 Å². The molecular formula is C18H28N4O4S. The lowest BCUT2D eigenvalue weighted by molar-refractivity contribution is 0.0954. The zero-order valence-corrected chi connectivity index (χ0v) is 17.1. The summed E-state index contributed by atoms with van der Waals surface area (Å²) in [5, 5.41) is 6.01. The van der Waals surface area contributed by atoms with E-state index in [1.54, 1.807) is 52.3 Å². The number of nitrogens with zero attached hydrogens (tertiary/aromatic N) is 2. The Bertz CT molecular complexity index is 805. The molecule has 8 nitrogen and oxygen atoms in total. The van der Waals surface area contributed by atoms with Gasteiger partial charge in [-0.15, -0.1) is 0 Å². The highest BCUT2D eigenvalue weighted by Crippen LogP contribution is 2.23. The molecule has 0 bridgehead atoms. The van der Waals surface area contributed by atoms with Gasteiger partial charge in [-0.3, -0.25) is 9.79 Å². The van der Waals surface area contributed by atoms with Gasteiger partial charge < -0.3 is 20.3 Å². The predicted molar refractivity (Wildman–Crippen MR) is 106 cm³/mol. The number of benzene rings is 1. The monoisotopic (exact) mass is 396 g/mol. The van der Waals surface area contributed by atoms with Crippen LogP contribution in [0.4, 0.5) is 0 Å². The van der Waals surface area contributed by atoms with E-state index in [1.165, 1.54) is 0 Å². The summed E-state index contributed by atoms with van der Waals surface area (Å²) in [6.07, 6.45) is 0. The number of hydrogen-bond acceptors (Lipinski definition) is 5. The van der Waals surface area contributed by atoms with Crippen LogP contribution in [0.25, 0.3) is 0 Å². The molecule has 0 radical (unpaired) electrons. The molecule has 0 saturated carbocycles. The molecule has 1 fully saturated rings. The summed E-state index contributed by atoms with van der Waals surface area (Å²) in [5.74, 6) is 1.18. The third-order valence-corrected chi connectivity index (χ3v) is 7.11. The maximum absolute atomic E-state index is 12.2. The first kappa shape index (κ1) is 21.0. The standard InChI is InChI=1S/C18H28N4O4S/c1-18(2)13-22(10-11-27(18,24)25)17(19-3)21-9-8-20-16(23)14-6-5-7-15(12-14)26-4/h5-7,12H,8-11,13H2,1-4H3,(H,19,21)(H,20,23). The maximum Gasteiger partial charge on any atom is 0.251 e. The molecular weight excluding hydrogens is 368 g/mol. The normalized spacial score (nSPS) is 18.7. The first-order valence-electron chi connectivity index (χ1n) is 8.80. The zero-order chi connectivity index (χ0) is 20.1. The number of sulfone groups is 1. The summed E-state index contributed by atoms with van der Waals surface area (Å²) in [6, 6.07) is 6.95. The highest BCUT2D eigenvalue weighted by atomic mass is 32.2. The van der Waals surface area contributed by atoms with Crippen LogP contribution in [0.1, 0.15) is 24.2 Å². The molecule has 1 saturated heterocycles. The van der Waals surface area contributed by atoms with Crippen LogP contribution in [-0.2, 0) is 9.84 Å². The number of ether oxygens (including phenoxy) is 1. The summed E-state index contributed by atoms with van der Waals surface area (Å²) in [7, 11) is 0.115. The van der Waals surface area contributed by atoms with Crippen LogP contribution < -0.4 is 15.4 Å². The van der Waals surface area contributed by atoms with Crippen LogP contribution in [0.15, 0.2) is 29.3 Å². The number of guanidine groups is 1. The van der Waals surface area contributed by atoms with Crippen molar-refractivity contribution in [2.45, 2.75) is 18.6 Å². The number of rotatable bonds is 5. The van der Waals surface area contributed by atoms with Gasteiger partial charge in [-0.1, -0.05) is 6.07 Å². The molecule has 1 aromatic carbocycles. The second kappa shape index (κ2) is 8.60. The van der Waals surface area contributed by atoms with Gasteiger partial charge in [-0.2, -0.15) is 0 Å². The van der Waals surface area contributed by atoms with Crippen molar-refractivity contribution in [1.82, 2.24) is 15.5 Å². The fourth-order valence-electron chi connectivity index (χ4n) is 2.87. The smallest absolute Gasteiger partial charge is 0.251 e. The van der Waals surface area contributed by atoms with E-state index in [-0.39, 0.29) is 11.7 Å². The quantitative estimate of drug-likeness (QED) is 0.427. The average molecular weight is 397 g/mol. The minimum atomic E-state index is -3.10. The Morgan fingerprint density at radius 2 is 2.00 bits per heavy atom. The summed E-state index contributed by atoms with van der Waals surface area (Å²) in [4.78, 5) is 18.3. The SMILES string of the molecule is CN=C(NCCNC(=O)c1cccc(OC)c1)N1CCS(=O)(=O)C(C)(C)C1. The van der Waals surface area contributed by atoms with Gasteiger partial charge in [0, 0.05) is 38.8 Å². The molecule has 1 aliphatic rings. The van der Waals surface area contributed by atoms with Crippen LogP contribution in [0.3, 0.4) is 0 Å². The van der Waals surface area contributed by atoms with Crippen molar-refractivity contribution in [3.05, 3.63) is 29.8 Å². The summed E-state index contributed by atoms with van der Waals surface area (Å²) >= 11 is 0. The minimum absolute atomic E-state index is 0.104. The van der Waals surface area contributed by atoms with Crippen LogP contribution >= 0.6 is 0 Å². The average Bonchev–Trinajstić information content (AvgIpc) is 2.64. The number of carbonyl (C=O) groups is 1. The van der Waals surface area contributed by atoms with E-state index in [1.807, 2.05) is 4.90 Å². The number of aliphatic imine (C=N–C) groups is 1. The lowest BCUT2D eigenvalue weighted by Gasteiger charge is -2.39. The van der Waals surface area contributed by atoms with Crippen LogP contribution in [0.2, 0.25) is 0 Å². The van der Waals surface area contributed by atoms with Gasteiger partial charge in [0.1, 0.15) is 5.75 Å².